The van der Waals surface area contributed by atoms with Crippen molar-refractivity contribution in [3.05, 3.63) is 33.9 Å². The van der Waals surface area contributed by atoms with Gasteiger partial charge >= 0.3 is 0 Å². The first-order chi connectivity index (χ1) is 9.38. The molecule has 1 saturated heterocycles. The molecular weight excluding hydrogens is 254 g/mol. The molecule has 1 aliphatic heterocycles. The molecule has 0 atom stereocenters. The predicted octanol–water partition coefficient (Wildman–Crippen LogP) is 3.06. The van der Waals surface area contributed by atoms with E-state index < -0.39 is 0 Å². The molecule has 0 aliphatic carbocycles. The average molecular weight is 277 g/mol. The molecule has 0 bridgehead atoms. The number of anilines is 1. The van der Waals surface area contributed by atoms with Crippen LogP contribution >= 0.6 is 0 Å². The maximum absolute atomic E-state index is 11.2. The maximum Gasteiger partial charge on any atom is 0.292 e. The van der Waals surface area contributed by atoms with Crippen LogP contribution in [0.2, 0.25) is 0 Å². The van der Waals surface area contributed by atoms with E-state index in [1.54, 1.807) is 6.07 Å². The molecule has 1 fully saturated rings. The Morgan fingerprint density at radius 3 is 2.50 bits per heavy atom. The van der Waals surface area contributed by atoms with Crippen LogP contribution in [0.3, 0.4) is 0 Å². The van der Waals surface area contributed by atoms with Gasteiger partial charge in [-0.2, -0.15) is 0 Å². The van der Waals surface area contributed by atoms with Crippen molar-refractivity contribution in [2.45, 2.75) is 45.1 Å². The second kappa shape index (κ2) is 5.79. The van der Waals surface area contributed by atoms with Crippen LogP contribution in [0.5, 0.6) is 0 Å². The molecule has 0 aromatic heterocycles. The van der Waals surface area contributed by atoms with E-state index >= 15 is 0 Å². The first-order valence-electron chi connectivity index (χ1n) is 7.14. The van der Waals surface area contributed by atoms with Crippen LogP contribution in [0.15, 0.2) is 18.2 Å². The highest BCUT2D eigenvalue weighted by atomic mass is 16.6. The fraction of sp³-hybridized carbons (Fsp3) is 0.600. The average Bonchev–Trinajstić information content (AvgIpc) is 2.38. The lowest BCUT2D eigenvalue weighted by molar-refractivity contribution is -0.384. The topological polar surface area (TPSA) is 67.2 Å². The Morgan fingerprint density at radius 1 is 1.30 bits per heavy atom. The zero-order valence-electron chi connectivity index (χ0n) is 12.4. The highest BCUT2D eigenvalue weighted by Crippen LogP contribution is 2.32. The van der Waals surface area contributed by atoms with Crippen LogP contribution in [0.1, 0.15) is 39.2 Å². The molecule has 2 N–H and O–H groups in total. The maximum atomic E-state index is 11.2. The first kappa shape index (κ1) is 14.8. The highest BCUT2D eigenvalue weighted by molar-refractivity contribution is 5.64. The van der Waals surface area contributed by atoms with Crippen molar-refractivity contribution in [3.8, 4) is 0 Å². The second-order valence-corrected chi connectivity index (χ2v) is 6.41. The summed E-state index contributed by atoms with van der Waals surface area (Å²) in [5.41, 5.74) is 1.91. The van der Waals surface area contributed by atoms with E-state index in [9.17, 15) is 10.1 Å². The molecule has 1 heterocycles. The lowest BCUT2D eigenvalue weighted by Crippen LogP contribution is -2.35. The molecule has 1 aromatic carbocycles. The van der Waals surface area contributed by atoms with Crippen LogP contribution in [-0.2, 0) is 5.41 Å². The van der Waals surface area contributed by atoms with E-state index in [-0.39, 0.29) is 16.0 Å². The second-order valence-electron chi connectivity index (χ2n) is 6.41. The molecule has 0 amide bonds. The molecule has 5 heteroatoms. The first-order valence-corrected chi connectivity index (χ1v) is 7.14. The molecule has 0 radical (unpaired) electrons. The fourth-order valence-corrected chi connectivity index (χ4v) is 2.46. The minimum absolute atomic E-state index is 0.0142. The van der Waals surface area contributed by atoms with E-state index in [1.165, 1.54) is 0 Å². The van der Waals surface area contributed by atoms with Gasteiger partial charge < -0.3 is 10.6 Å². The number of nitrogens with zero attached hydrogens (tertiary/aromatic N) is 1. The van der Waals surface area contributed by atoms with Gasteiger partial charge in [0.25, 0.3) is 5.69 Å². The molecular formula is C15H23N3O2. The minimum Gasteiger partial charge on any atom is -0.377 e. The number of hydrogen-bond acceptors (Lipinski definition) is 4. The van der Waals surface area contributed by atoms with Crippen molar-refractivity contribution in [1.29, 1.82) is 0 Å². The fourth-order valence-electron chi connectivity index (χ4n) is 2.46. The van der Waals surface area contributed by atoms with Crippen LogP contribution in [-0.4, -0.2) is 24.1 Å². The van der Waals surface area contributed by atoms with Gasteiger partial charge in [0.1, 0.15) is 5.69 Å². The molecule has 1 aromatic rings. The number of hydrogen-bond donors (Lipinski definition) is 2. The molecule has 1 aliphatic rings. The van der Waals surface area contributed by atoms with Crippen LogP contribution < -0.4 is 10.6 Å². The van der Waals surface area contributed by atoms with E-state index in [2.05, 4.69) is 31.4 Å². The van der Waals surface area contributed by atoms with Gasteiger partial charge in [0.05, 0.1) is 4.92 Å². The number of rotatable bonds is 3. The zero-order chi connectivity index (χ0) is 14.8. The smallest absolute Gasteiger partial charge is 0.292 e. The molecule has 2 rings (SSSR count). The standard InChI is InChI=1S/C15H23N3O2/c1-15(2,3)11-4-5-14(18(19)20)13(10-11)17-12-6-8-16-9-7-12/h4-5,10,12,16-17H,6-9H2,1-3H3. The van der Waals surface area contributed by atoms with Crippen LogP contribution in [0.25, 0.3) is 0 Å². The molecule has 110 valence electrons. The Balaban J connectivity index is 2.29. The summed E-state index contributed by atoms with van der Waals surface area (Å²) in [5, 5.41) is 17.8. The zero-order valence-corrected chi connectivity index (χ0v) is 12.4. The summed E-state index contributed by atoms with van der Waals surface area (Å²) >= 11 is 0. The lowest BCUT2D eigenvalue weighted by Gasteiger charge is -2.26. The molecule has 0 unspecified atom stereocenters. The van der Waals surface area contributed by atoms with Crippen molar-refractivity contribution in [2.24, 2.45) is 0 Å². The lowest BCUT2D eigenvalue weighted by atomic mass is 9.86. The number of nitro benzene ring substituents is 1. The summed E-state index contributed by atoms with van der Waals surface area (Å²) in [6.45, 7) is 8.27. The number of nitrogens with one attached hydrogen (secondary N) is 2. The monoisotopic (exact) mass is 277 g/mol. The Kier molecular flexibility index (Phi) is 4.28. The van der Waals surface area contributed by atoms with Crippen LogP contribution in [0, 0.1) is 10.1 Å². The Hall–Kier alpha value is -1.62. The summed E-state index contributed by atoms with van der Waals surface area (Å²) in [4.78, 5) is 10.9. The van der Waals surface area contributed by atoms with E-state index in [1.807, 2.05) is 12.1 Å². The van der Waals surface area contributed by atoms with Crippen molar-refractivity contribution in [1.82, 2.24) is 5.32 Å². The number of benzene rings is 1. The molecule has 20 heavy (non-hydrogen) atoms. The quantitative estimate of drug-likeness (QED) is 0.658. The Bertz CT molecular complexity index is 488. The van der Waals surface area contributed by atoms with E-state index in [0.29, 0.717) is 11.7 Å². The third-order valence-electron chi connectivity index (χ3n) is 3.76. The minimum atomic E-state index is -0.310. The summed E-state index contributed by atoms with van der Waals surface area (Å²) < 4.78 is 0. The Labute approximate surface area is 119 Å². The number of nitro groups is 1. The van der Waals surface area contributed by atoms with Crippen molar-refractivity contribution in [2.75, 3.05) is 18.4 Å². The third-order valence-corrected chi connectivity index (χ3v) is 3.76. The highest BCUT2D eigenvalue weighted by Gasteiger charge is 2.22. The van der Waals surface area contributed by atoms with Gasteiger partial charge in [0.15, 0.2) is 0 Å². The van der Waals surface area contributed by atoms with Gasteiger partial charge in [-0.15, -0.1) is 0 Å². The van der Waals surface area contributed by atoms with Gasteiger partial charge in [-0.25, -0.2) is 0 Å². The molecule has 0 saturated carbocycles. The van der Waals surface area contributed by atoms with E-state index in [4.69, 9.17) is 0 Å². The van der Waals surface area contributed by atoms with Gasteiger partial charge in [0, 0.05) is 12.1 Å². The summed E-state index contributed by atoms with van der Waals surface area (Å²) in [6, 6.07) is 5.71. The SMILES string of the molecule is CC(C)(C)c1ccc([N+](=O)[O-])c(NC2CCNCC2)c1. The van der Waals surface area contributed by atoms with Crippen LogP contribution in [0.4, 0.5) is 11.4 Å². The van der Waals surface area contributed by atoms with Gasteiger partial charge in [0.2, 0.25) is 0 Å². The van der Waals surface area contributed by atoms with Gasteiger partial charge in [-0.1, -0.05) is 26.8 Å². The largest absolute Gasteiger partial charge is 0.377 e. The van der Waals surface area contributed by atoms with Crippen molar-refractivity contribution in [3.63, 3.8) is 0 Å². The summed E-state index contributed by atoms with van der Waals surface area (Å²) in [7, 11) is 0. The van der Waals surface area contributed by atoms with Crippen molar-refractivity contribution < 1.29 is 4.92 Å². The summed E-state index contributed by atoms with van der Waals surface area (Å²) in [5.74, 6) is 0. The molecule has 0 spiro atoms. The predicted molar refractivity (Wildman–Crippen MR) is 81.3 cm³/mol. The number of piperidine rings is 1. The van der Waals surface area contributed by atoms with Gasteiger partial charge in [-0.3, -0.25) is 10.1 Å². The van der Waals surface area contributed by atoms with Gasteiger partial charge in [-0.05, 0) is 43.0 Å². The normalized spacial score (nSPS) is 16.9. The van der Waals surface area contributed by atoms with Crippen molar-refractivity contribution >= 4 is 11.4 Å². The van der Waals surface area contributed by atoms with E-state index in [0.717, 1.165) is 31.5 Å². The third kappa shape index (κ3) is 3.48. The molecule has 5 nitrogen and oxygen atoms in total. The summed E-state index contributed by atoms with van der Waals surface area (Å²) in [6.07, 6.45) is 1.99. The Morgan fingerprint density at radius 2 is 1.95 bits per heavy atom.